The molecule has 1 aliphatic rings. The zero-order chi connectivity index (χ0) is 9.90. The number of nitrogens with zero attached hydrogens (tertiary/aromatic N) is 1. The highest BCUT2D eigenvalue weighted by Crippen LogP contribution is 2.16. The maximum absolute atomic E-state index is 9.37. The highest BCUT2D eigenvalue weighted by molar-refractivity contribution is 6.18. The van der Waals surface area contributed by atoms with E-state index in [1.165, 1.54) is 0 Å². The van der Waals surface area contributed by atoms with E-state index in [9.17, 15) is 5.11 Å². The predicted molar refractivity (Wildman–Crippen MR) is 53.2 cm³/mol. The van der Waals surface area contributed by atoms with Crippen molar-refractivity contribution in [1.82, 2.24) is 4.90 Å². The van der Waals surface area contributed by atoms with Crippen molar-refractivity contribution in [2.75, 3.05) is 32.1 Å². The molecule has 0 radical (unpaired) electrons. The van der Waals surface area contributed by atoms with Crippen LogP contribution in [0.25, 0.3) is 0 Å². The number of alkyl halides is 1. The molecule has 1 N–H and O–H groups in total. The van der Waals surface area contributed by atoms with Gasteiger partial charge >= 0.3 is 0 Å². The molecule has 1 atom stereocenters. The number of rotatable bonds is 3. The molecule has 1 aliphatic heterocycles. The van der Waals surface area contributed by atoms with Gasteiger partial charge in [0.15, 0.2) is 0 Å². The van der Waals surface area contributed by atoms with Crippen LogP contribution in [0.1, 0.15) is 13.8 Å². The quantitative estimate of drug-likeness (QED) is 0.692. The summed E-state index contributed by atoms with van der Waals surface area (Å²) in [6.07, 6.45) is -0.421. The molecule has 1 heterocycles. The second-order valence-corrected chi connectivity index (χ2v) is 4.46. The van der Waals surface area contributed by atoms with Crippen molar-refractivity contribution in [3.63, 3.8) is 0 Å². The van der Waals surface area contributed by atoms with Gasteiger partial charge in [0.2, 0.25) is 0 Å². The summed E-state index contributed by atoms with van der Waals surface area (Å²) in [7, 11) is 0. The molecule has 78 valence electrons. The third kappa shape index (κ3) is 3.81. The Labute approximate surface area is 84.6 Å². The van der Waals surface area contributed by atoms with Gasteiger partial charge < -0.3 is 9.84 Å². The minimum absolute atomic E-state index is 0.0930. The first-order valence-electron chi connectivity index (χ1n) is 4.64. The topological polar surface area (TPSA) is 32.7 Å². The van der Waals surface area contributed by atoms with Gasteiger partial charge in [-0.2, -0.15) is 0 Å². The van der Waals surface area contributed by atoms with Gasteiger partial charge in [0.25, 0.3) is 0 Å². The van der Waals surface area contributed by atoms with Crippen LogP contribution in [0.15, 0.2) is 0 Å². The number of β-amino-alcohol motifs (C(OH)–C–C–N with tert-alkyl or cyclic N) is 1. The Morgan fingerprint density at radius 3 is 2.85 bits per heavy atom. The molecule has 1 saturated heterocycles. The number of ether oxygens (including phenoxy) is 1. The van der Waals surface area contributed by atoms with Crippen LogP contribution >= 0.6 is 11.6 Å². The molecule has 0 aromatic heterocycles. The van der Waals surface area contributed by atoms with Crippen LogP contribution in [0.3, 0.4) is 0 Å². The molecule has 0 aromatic carbocycles. The predicted octanol–water partition coefficient (Wildman–Crippen LogP) is 0.697. The van der Waals surface area contributed by atoms with Gasteiger partial charge in [0.05, 0.1) is 18.3 Å². The summed E-state index contributed by atoms with van der Waals surface area (Å²) in [5.41, 5.74) is -0.0930. The monoisotopic (exact) mass is 207 g/mol. The standard InChI is InChI=1S/C9H18ClNO2/c1-9(2)7-11(3-4-13-9)6-8(12)5-10/h8,12H,3-7H2,1-2H3. The summed E-state index contributed by atoms with van der Waals surface area (Å²) < 4.78 is 5.55. The highest BCUT2D eigenvalue weighted by atomic mass is 35.5. The summed E-state index contributed by atoms with van der Waals surface area (Å²) in [5.74, 6) is 0.303. The largest absolute Gasteiger partial charge is 0.391 e. The molecule has 0 aromatic rings. The first-order valence-corrected chi connectivity index (χ1v) is 5.17. The number of morpholine rings is 1. The van der Waals surface area contributed by atoms with Crippen LogP contribution in [-0.4, -0.2) is 53.8 Å². The van der Waals surface area contributed by atoms with Crippen LogP contribution in [0, 0.1) is 0 Å². The molecular weight excluding hydrogens is 190 g/mol. The molecule has 3 nitrogen and oxygen atoms in total. The molecule has 0 saturated carbocycles. The Balaban J connectivity index is 2.34. The molecular formula is C9H18ClNO2. The Bertz CT molecular complexity index is 164. The molecule has 1 rings (SSSR count). The lowest BCUT2D eigenvalue weighted by Gasteiger charge is -2.38. The molecule has 0 bridgehead atoms. The van der Waals surface area contributed by atoms with Crippen molar-refractivity contribution in [2.24, 2.45) is 0 Å². The number of aliphatic hydroxyl groups is 1. The lowest BCUT2D eigenvalue weighted by Crippen LogP contribution is -2.50. The van der Waals surface area contributed by atoms with Crippen LogP contribution in [0.5, 0.6) is 0 Å². The summed E-state index contributed by atoms with van der Waals surface area (Å²) in [6, 6.07) is 0. The SMILES string of the molecule is CC1(C)CN(CC(O)CCl)CCO1. The third-order valence-corrected chi connectivity index (χ3v) is 2.51. The number of hydrogen-bond acceptors (Lipinski definition) is 3. The maximum atomic E-state index is 9.37. The van der Waals surface area contributed by atoms with Crippen LogP contribution in [-0.2, 0) is 4.74 Å². The molecule has 1 fully saturated rings. The first kappa shape index (κ1) is 11.2. The summed E-state index contributed by atoms with van der Waals surface area (Å²) in [6.45, 7) is 7.26. The molecule has 4 heteroatoms. The number of halogens is 1. The third-order valence-electron chi connectivity index (χ3n) is 2.15. The van der Waals surface area contributed by atoms with Crippen molar-refractivity contribution < 1.29 is 9.84 Å². The summed E-state index contributed by atoms with van der Waals surface area (Å²) in [4.78, 5) is 2.19. The van der Waals surface area contributed by atoms with Gasteiger partial charge in [-0.1, -0.05) is 0 Å². The zero-order valence-electron chi connectivity index (χ0n) is 8.29. The van der Waals surface area contributed by atoms with Gasteiger partial charge in [-0.3, -0.25) is 4.90 Å². The summed E-state index contributed by atoms with van der Waals surface area (Å²) >= 11 is 5.53. The average molecular weight is 208 g/mol. The van der Waals surface area contributed by atoms with Crippen LogP contribution in [0.4, 0.5) is 0 Å². The van der Waals surface area contributed by atoms with E-state index in [-0.39, 0.29) is 5.60 Å². The van der Waals surface area contributed by atoms with E-state index in [0.29, 0.717) is 12.4 Å². The van der Waals surface area contributed by atoms with Gasteiger partial charge in [0, 0.05) is 25.5 Å². The van der Waals surface area contributed by atoms with E-state index in [0.717, 1.165) is 19.7 Å². The van der Waals surface area contributed by atoms with Crippen molar-refractivity contribution in [1.29, 1.82) is 0 Å². The summed E-state index contributed by atoms with van der Waals surface area (Å²) in [5, 5.41) is 9.37. The van der Waals surface area contributed by atoms with E-state index in [2.05, 4.69) is 18.7 Å². The minimum atomic E-state index is -0.421. The maximum Gasteiger partial charge on any atom is 0.0802 e. The smallest absolute Gasteiger partial charge is 0.0802 e. The van der Waals surface area contributed by atoms with Crippen LogP contribution in [0.2, 0.25) is 0 Å². The van der Waals surface area contributed by atoms with E-state index < -0.39 is 6.10 Å². The van der Waals surface area contributed by atoms with Gasteiger partial charge in [-0.05, 0) is 13.8 Å². The lowest BCUT2D eigenvalue weighted by molar-refractivity contribution is -0.0919. The Hall–Kier alpha value is 0.170. The second-order valence-electron chi connectivity index (χ2n) is 4.15. The normalized spacial score (nSPS) is 25.8. The molecule has 0 aliphatic carbocycles. The zero-order valence-corrected chi connectivity index (χ0v) is 9.05. The fourth-order valence-electron chi connectivity index (χ4n) is 1.62. The molecule has 0 spiro atoms. The number of hydrogen-bond donors (Lipinski definition) is 1. The van der Waals surface area contributed by atoms with E-state index in [1.807, 2.05) is 0 Å². The van der Waals surface area contributed by atoms with E-state index in [1.54, 1.807) is 0 Å². The highest BCUT2D eigenvalue weighted by Gasteiger charge is 2.27. The van der Waals surface area contributed by atoms with Crippen LogP contribution < -0.4 is 0 Å². The fourth-order valence-corrected chi connectivity index (χ4v) is 1.71. The number of aliphatic hydroxyl groups excluding tert-OH is 1. The fraction of sp³-hybridized carbons (Fsp3) is 1.00. The molecule has 13 heavy (non-hydrogen) atoms. The molecule has 1 unspecified atom stereocenters. The lowest BCUT2D eigenvalue weighted by atomic mass is 10.1. The average Bonchev–Trinajstić information content (AvgIpc) is 2.02. The second kappa shape index (κ2) is 4.60. The Kier molecular flexibility index (Phi) is 3.98. The Morgan fingerprint density at radius 1 is 1.62 bits per heavy atom. The van der Waals surface area contributed by atoms with Crippen molar-refractivity contribution in [3.8, 4) is 0 Å². The van der Waals surface area contributed by atoms with Gasteiger partial charge in [0.1, 0.15) is 0 Å². The van der Waals surface area contributed by atoms with Crippen molar-refractivity contribution in [2.45, 2.75) is 25.6 Å². The van der Waals surface area contributed by atoms with Gasteiger partial charge in [-0.25, -0.2) is 0 Å². The minimum Gasteiger partial charge on any atom is -0.391 e. The first-order chi connectivity index (χ1) is 6.03. The van der Waals surface area contributed by atoms with Crippen molar-refractivity contribution in [3.05, 3.63) is 0 Å². The van der Waals surface area contributed by atoms with Gasteiger partial charge in [-0.15, -0.1) is 11.6 Å². The molecule has 0 amide bonds. The van der Waals surface area contributed by atoms with E-state index >= 15 is 0 Å². The Morgan fingerprint density at radius 2 is 2.31 bits per heavy atom. The van der Waals surface area contributed by atoms with Crippen molar-refractivity contribution >= 4 is 11.6 Å². The van der Waals surface area contributed by atoms with E-state index in [4.69, 9.17) is 16.3 Å².